The molecule has 0 aliphatic carbocycles. The number of carboxylic acid groups (broad SMARTS) is 1. The van der Waals surface area contributed by atoms with E-state index in [-0.39, 0.29) is 17.4 Å². The molecule has 1 amide bonds. The third-order valence-corrected chi connectivity index (χ3v) is 5.49. The van der Waals surface area contributed by atoms with Crippen molar-refractivity contribution in [2.45, 2.75) is 27.2 Å². The summed E-state index contributed by atoms with van der Waals surface area (Å²) in [4.78, 5) is 28.3. The molecule has 2 aromatic rings. The minimum Gasteiger partial charge on any atom is -0.478 e. The Morgan fingerprint density at radius 1 is 1.07 bits per heavy atom. The van der Waals surface area contributed by atoms with Crippen LogP contribution in [-0.4, -0.2) is 43.2 Å². The topological polar surface area (TPSA) is 72.9 Å². The van der Waals surface area contributed by atoms with E-state index in [1.165, 1.54) is 5.56 Å². The quantitative estimate of drug-likeness (QED) is 0.698. The molecule has 160 valence electrons. The van der Waals surface area contributed by atoms with Crippen LogP contribution in [0.3, 0.4) is 0 Å². The number of nitrogens with one attached hydrogen (secondary N) is 1. The third kappa shape index (κ3) is 5.25. The van der Waals surface area contributed by atoms with Gasteiger partial charge in [-0.2, -0.15) is 0 Å². The van der Waals surface area contributed by atoms with Crippen molar-refractivity contribution in [3.8, 4) is 0 Å². The molecule has 1 aliphatic rings. The second kappa shape index (κ2) is 9.39. The number of halogens is 1. The van der Waals surface area contributed by atoms with E-state index in [4.69, 9.17) is 11.6 Å². The molecule has 7 heteroatoms. The molecule has 0 unspecified atom stereocenters. The van der Waals surface area contributed by atoms with Gasteiger partial charge in [-0.05, 0) is 48.7 Å². The van der Waals surface area contributed by atoms with Crippen molar-refractivity contribution in [2.24, 2.45) is 5.92 Å². The maximum absolute atomic E-state index is 12.1. The largest absolute Gasteiger partial charge is 0.478 e. The fourth-order valence-electron chi connectivity index (χ4n) is 3.72. The number of aryl methyl sites for hydroxylation is 1. The van der Waals surface area contributed by atoms with Crippen molar-refractivity contribution in [3.63, 3.8) is 0 Å². The Hall–Kier alpha value is -2.73. The normalized spacial score (nSPS) is 14.2. The average molecular weight is 430 g/mol. The van der Waals surface area contributed by atoms with Gasteiger partial charge in [0.25, 0.3) is 0 Å². The van der Waals surface area contributed by atoms with E-state index in [1.807, 2.05) is 38.1 Å². The zero-order chi connectivity index (χ0) is 21.8. The molecule has 2 aromatic carbocycles. The summed E-state index contributed by atoms with van der Waals surface area (Å²) in [7, 11) is 0. The minimum absolute atomic E-state index is 0.109. The minimum atomic E-state index is -1.05. The summed E-state index contributed by atoms with van der Waals surface area (Å²) in [5.74, 6) is -1.02. The Morgan fingerprint density at radius 2 is 1.73 bits per heavy atom. The number of hydrogen-bond donors (Lipinski definition) is 2. The van der Waals surface area contributed by atoms with E-state index in [9.17, 15) is 14.7 Å². The van der Waals surface area contributed by atoms with Crippen LogP contribution in [0.25, 0.3) is 0 Å². The van der Waals surface area contributed by atoms with Crippen molar-refractivity contribution >= 4 is 40.5 Å². The zero-order valence-corrected chi connectivity index (χ0v) is 18.4. The first-order chi connectivity index (χ1) is 14.2. The second-order valence-electron chi connectivity index (χ2n) is 8.09. The Labute approximate surface area is 182 Å². The number of aromatic carboxylic acids is 1. The molecule has 0 atom stereocenters. The summed E-state index contributed by atoms with van der Waals surface area (Å²) in [6.07, 6.45) is 0.353. The summed E-state index contributed by atoms with van der Waals surface area (Å²) >= 11 is 6.16. The molecule has 0 aromatic heterocycles. The van der Waals surface area contributed by atoms with Crippen LogP contribution in [0.5, 0.6) is 0 Å². The third-order valence-electron chi connectivity index (χ3n) is 5.26. The number of benzene rings is 2. The number of nitrogens with zero attached hydrogens (tertiary/aromatic N) is 2. The van der Waals surface area contributed by atoms with Gasteiger partial charge >= 0.3 is 5.97 Å². The number of carbonyl (C=O) groups is 2. The lowest BCUT2D eigenvalue weighted by Crippen LogP contribution is -2.46. The molecule has 0 radical (unpaired) electrons. The van der Waals surface area contributed by atoms with Crippen LogP contribution in [0.15, 0.2) is 36.4 Å². The highest BCUT2D eigenvalue weighted by molar-refractivity contribution is 6.30. The number of hydrogen-bond acceptors (Lipinski definition) is 4. The van der Waals surface area contributed by atoms with Crippen LogP contribution < -0.4 is 15.1 Å². The summed E-state index contributed by atoms with van der Waals surface area (Å²) < 4.78 is 0. The monoisotopic (exact) mass is 429 g/mol. The first-order valence-electron chi connectivity index (χ1n) is 10.2. The van der Waals surface area contributed by atoms with Gasteiger partial charge in [0.2, 0.25) is 5.91 Å². The Kier molecular flexibility index (Phi) is 6.87. The highest BCUT2D eigenvalue weighted by Gasteiger charge is 2.21. The second-order valence-corrected chi connectivity index (χ2v) is 8.52. The lowest BCUT2D eigenvalue weighted by molar-refractivity contribution is -0.116. The molecular weight excluding hydrogens is 402 g/mol. The molecule has 30 heavy (non-hydrogen) atoms. The van der Waals surface area contributed by atoms with Crippen LogP contribution in [-0.2, 0) is 4.79 Å². The molecule has 0 saturated carbocycles. The summed E-state index contributed by atoms with van der Waals surface area (Å²) in [5.41, 5.74) is 3.61. The van der Waals surface area contributed by atoms with Gasteiger partial charge in [0.15, 0.2) is 0 Å². The van der Waals surface area contributed by atoms with Crippen LogP contribution >= 0.6 is 11.6 Å². The molecule has 6 nitrogen and oxygen atoms in total. The number of rotatable bonds is 6. The van der Waals surface area contributed by atoms with Crippen molar-refractivity contribution < 1.29 is 14.7 Å². The van der Waals surface area contributed by atoms with Gasteiger partial charge in [-0.25, -0.2) is 4.79 Å². The first kappa shape index (κ1) is 22.0. The van der Waals surface area contributed by atoms with Crippen molar-refractivity contribution in [1.82, 2.24) is 0 Å². The number of anilines is 3. The predicted molar refractivity (Wildman–Crippen MR) is 122 cm³/mol. The lowest BCUT2D eigenvalue weighted by Gasteiger charge is -2.38. The van der Waals surface area contributed by atoms with Gasteiger partial charge < -0.3 is 20.2 Å². The standard InChI is InChI=1S/C23H28ClN3O3/c1-15(2)12-22(28)25-20-7-6-18(14-19(20)23(29)30)26-8-10-27(11-9-26)21-13-17(24)5-4-16(21)3/h4-7,13-15H,8-12H2,1-3H3,(H,25,28)(H,29,30). The highest BCUT2D eigenvalue weighted by atomic mass is 35.5. The fraction of sp³-hybridized carbons (Fsp3) is 0.391. The molecule has 1 aliphatic heterocycles. The summed E-state index contributed by atoms with van der Waals surface area (Å²) in [6.45, 7) is 9.14. The predicted octanol–water partition coefficient (Wildman–Crippen LogP) is 4.66. The SMILES string of the molecule is Cc1ccc(Cl)cc1N1CCN(c2ccc(NC(=O)CC(C)C)c(C(=O)O)c2)CC1. The van der Waals surface area contributed by atoms with Gasteiger partial charge in [-0.15, -0.1) is 0 Å². The van der Waals surface area contributed by atoms with E-state index in [0.717, 1.165) is 42.6 Å². The maximum atomic E-state index is 12.1. The van der Waals surface area contributed by atoms with Crippen LogP contribution in [0, 0.1) is 12.8 Å². The molecule has 0 spiro atoms. The van der Waals surface area contributed by atoms with Gasteiger partial charge in [0, 0.05) is 49.0 Å². The summed E-state index contributed by atoms with van der Waals surface area (Å²) in [5, 5.41) is 13.1. The lowest BCUT2D eigenvalue weighted by atomic mass is 10.1. The molecular formula is C23H28ClN3O3. The average Bonchev–Trinajstić information content (AvgIpc) is 2.69. The van der Waals surface area contributed by atoms with Gasteiger partial charge in [0.1, 0.15) is 0 Å². The van der Waals surface area contributed by atoms with Gasteiger partial charge in [-0.3, -0.25) is 4.79 Å². The molecule has 1 fully saturated rings. The van der Waals surface area contributed by atoms with Gasteiger partial charge in [0.05, 0.1) is 11.3 Å². The van der Waals surface area contributed by atoms with Crippen molar-refractivity contribution in [1.29, 1.82) is 0 Å². The van der Waals surface area contributed by atoms with E-state index in [1.54, 1.807) is 12.1 Å². The van der Waals surface area contributed by atoms with E-state index in [2.05, 4.69) is 22.0 Å². The molecule has 2 N–H and O–H groups in total. The van der Waals surface area contributed by atoms with Gasteiger partial charge in [-0.1, -0.05) is 31.5 Å². The summed E-state index contributed by atoms with van der Waals surface area (Å²) in [6, 6.07) is 11.1. The molecule has 1 saturated heterocycles. The molecule has 0 bridgehead atoms. The first-order valence-corrected chi connectivity index (χ1v) is 10.6. The van der Waals surface area contributed by atoms with E-state index in [0.29, 0.717) is 12.1 Å². The van der Waals surface area contributed by atoms with Crippen LogP contribution in [0.1, 0.15) is 36.2 Å². The zero-order valence-electron chi connectivity index (χ0n) is 17.6. The number of amides is 1. The number of piperazine rings is 1. The maximum Gasteiger partial charge on any atom is 0.337 e. The Morgan fingerprint density at radius 3 is 2.37 bits per heavy atom. The van der Waals surface area contributed by atoms with Crippen LogP contribution in [0.2, 0.25) is 5.02 Å². The Balaban J connectivity index is 1.72. The Bertz CT molecular complexity index is 937. The van der Waals surface area contributed by atoms with Crippen molar-refractivity contribution in [3.05, 3.63) is 52.5 Å². The smallest absolute Gasteiger partial charge is 0.337 e. The highest BCUT2D eigenvalue weighted by Crippen LogP contribution is 2.28. The molecule has 1 heterocycles. The fourth-order valence-corrected chi connectivity index (χ4v) is 3.88. The molecule has 3 rings (SSSR count). The van der Waals surface area contributed by atoms with E-state index < -0.39 is 5.97 Å². The number of carboxylic acids is 1. The van der Waals surface area contributed by atoms with E-state index >= 15 is 0 Å². The van der Waals surface area contributed by atoms with Crippen LogP contribution in [0.4, 0.5) is 17.1 Å². The van der Waals surface area contributed by atoms with Crippen molar-refractivity contribution in [2.75, 3.05) is 41.3 Å². The number of carbonyl (C=O) groups excluding carboxylic acids is 1.